The van der Waals surface area contributed by atoms with Crippen LogP contribution in [0, 0.1) is 13.8 Å². The van der Waals surface area contributed by atoms with Crippen LogP contribution in [-0.4, -0.2) is 43.9 Å². The Labute approximate surface area is 141 Å². The Morgan fingerprint density at radius 1 is 1.25 bits per heavy atom. The SMILES string of the molecule is Cc1ccc(S(=O)(=O)N(C)CCNC(=O)Cc2cc(C)on2)cc1. The van der Waals surface area contributed by atoms with Gasteiger partial charge in [0.1, 0.15) is 5.76 Å². The van der Waals surface area contributed by atoms with Crippen molar-refractivity contribution < 1.29 is 17.7 Å². The maximum atomic E-state index is 12.4. The third-order valence-electron chi connectivity index (χ3n) is 3.50. The summed E-state index contributed by atoms with van der Waals surface area (Å²) in [6.07, 6.45) is 0.103. The molecular formula is C16H21N3O4S. The third-order valence-corrected chi connectivity index (χ3v) is 5.37. The second kappa shape index (κ2) is 7.59. The van der Waals surface area contributed by atoms with E-state index in [9.17, 15) is 13.2 Å². The van der Waals surface area contributed by atoms with Gasteiger partial charge >= 0.3 is 0 Å². The molecule has 2 rings (SSSR count). The number of aromatic nitrogens is 1. The highest BCUT2D eigenvalue weighted by molar-refractivity contribution is 7.89. The minimum Gasteiger partial charge on any atom is -0.361 e. The van der Waals surface area contributed by atoms with Crippen molar-refractivity contribution in [3.8, 4) is 0 Å². The monoisotopic (exact) mass is 351 g/mol. The molecule has 130 valence electrons. The van der Waals surface area contributed by atoms with Crippen LogP contribution in [0.2, 0.25) is 0 Å². The molecule has 0 fully saturated rings. The maximum absolute atomic E-state index is 12.4. The van der Waals surface area contributed by atoms with E-state index in [4.69, 9.17) is 4.52 Å². The van der Waals surface area contributed by atoms with Crippen LogP contribution in [0.4, 0.5) is 0 Å². The van der Waals surface area contributed by atoms with E-state index in [-0.39, 0.29) is 30.3 Å². The number of hydrogen-bond acceptors (Lipinski definition) is 5. The Balaban J connectivity index is 1.84. The van der Waals surface area contributed by atoms with Crippen molar-refractivity contribution in [1.29, 1.82) is 0 Å². The van der Waals surface area contributed by atoms with E-state index in [0.29, 0.717) is 11.5 Å². The van der Waals surface area contributed by atoms with E-state index in [1.54, 1.807) is 37.3 Å². The summed E-state index contributed by atoms with van der Waals surface area (Å²) in [4.78, 5) is 12.0. The van der Waals surface area contributed by atoms with Gasteiger partial charge in [0, 0.05) is 26.2 Å². The fourth-order valence-corrected chi connectivity index (χ4v) is 3.26. The maximum Gasteiger partial charge on any atom is 0.242 e. The number of aryl methyl sites for hydroxylation is 2. The molecule has 0 spiro atoms. The molecule has 8 heteroatoms. The van der Waals surface area contributed by atoms with Crippen LogP contribution in [0.5, 0.6) is 0 Å². The van der Waals surface area contributed by atoms with E-state index in [2.05, 4.69) is 10.5 Å². The molecule has 1 aromatic carbocycles. The lowest BCUT2D eigenvalue weighted by atomic mass is 10.2. The molecule has 0 bridgehead atoms. The van der Waals surface area contributed by atoms with E-state index in [1.807, 2.05) is 6.92 Å². The van der Waals surface area contributed by atoms with Crippen molar-refractivity contribution in [2.24, 2.45) is 0 Å². The van der Waals surface area contributed by atoms with Crippen molar-refractivity contribution in [2.45, 2.75) is 25.2 Å². The third kappa shape index (κ3) is 4.65. The Kier molecular flexibility index (Phi) is 5.74. The second-order valence-corrected chi connectivity index (χ2v) is 7.64. The Morgan fingerprint density at radius 3 is 2.50 bits per heavy atom. The molecular weight excluding hydrogens is 330 g/mol. The highest BCUT2D eigenvalue weighted by atomic mass is 32.2. The number of nitrogens with one attached hydrogen (secondary N) is 1. The van der Waals surface area contributed by atoms with Crippen LogP contribution in [-0.2, 0) is 21.2 Å². The van der Waals surface area contributed by atoms with Crippen LogP contribution in [0.15, 0.2) is 39.8 Å². The molecule has 2 aromatic rings. The summed E-state index contributed by atoms with van der Waals surface area (Å²) in [5, 5.41) is 6.42. The van der Waals surface area contributed by atoms with Gasteiger partial charge in [-0.15, -0.1) is 0 Å². The number of benzene rings is 1. The van der Waals surface area contributed by atoms with Gasteiger partial charge in [-0.1, -0.05) is 22.9 Å². The minimum atomic E-state index is -3.55. The smallest absolute Gasteiger partial charge is 0.242 e. The fraction of sp³-hybridized carbons (Fsp3) is 0.375. The normalized spacial score (nSPS) is 11.7. The summed E-state index contributed by atoms with van der Waals surface area (Å²) in [5.41, 5.74) is 1.54. The van der Waals surface area contributed by atoms with Crippen molar-refractivity contribution in [1.82, 2.24) is 14.8 Å². The highest BCUT2D eigenvalue weighted by Crippen LogP contribution is 2.14. The molecule has 0 saturated carbocycles. The zero-order valence-electron chi connectivity index (χ0n) is 13.9. The van der Waals surface area contributed by atoms with Gasteiger partial charge in [-0.25, -0.2) is 8.42 Å². The molecule has 1 heterocycles. The first-order valence-electron chi connectivity index (χ1n) is 7.51. The number of carbonyl (C=O) groups excluding carboxylic acids is 1. The first-order chi connectivity index (χ1) is 11.3. The predicted octanol–water partition coefficient (Wildman–Crippen LogP) is 1.27. The summed E-state index contributed by atoms with van der Waals surface area (Å²) < 4.78 is 30.9. The first kappa shape index (κ1) is 18.2. The molecule has 24 heavy (non-hydrogen) atoms. The summed E-state index contributed by atoms with van der Waals surface area (Å²) in [5.74, 6) is 0.408. The van der Waals surface area contributed by atoms with Gasteiger partial charge < -0.3 is 9.84 Å². The molecule has 0 atom stereocenters. The van der Waals surface area contributed by atoms with Crippen molar-refractivity contribution in [2.75, 3.05) is 20.1 Å². The fourth-order valence-electron chi connectivity index (χ4n) is 2.09. The minimum absolute atomic E-state index is 0.103. The quantitative estimate of drug-likeness (QED) is 0.811. The number of amides is 1. The van der Waals surface area contributed by atoms with Gasteiger partial charge in [0.15, 0.2) is 0 Å². The number of likely N-dealkylation sites (N-methyl/N-ethyl adjacent to an activating group) is 1. The number of sulfonamides is 1. The summed E-state index contributed by atoms with van der Waals surface area (Å²) in [6.45, 7) is 4.04. The number of rotatable bonds is 7. The summed E-state index contributed by atoms with van der Waals surface area (Å²) in [6, 6.07) is 8.34. The molecule has 0 radical (unpaired) electrons. The largest absolute Gasteiger partial charge is 0.361 e. The number of nitrogens with zero attached hydrogens (tertiary/aromatic N) is 2. The van der Waals surface area contributed by atoms with Gasteiger partial charge in [0.25, 0.3) is 0 Å². The molecule has 1 aromatic heterocycles. The lowest BCUT2D eigenvalue weighted by molar-refractivity contribution is -0.120. The summed E-state index contributed by atoms with van der Waals surface area (Å²) >= 11 is 0. The van der Waals surface area contributed by atoms with Gasteiger partial charge in [0.2, 0.25) is 15.9 Å². The molecule has 0 unspecified atom stereocenters. The Morgan fingerprint density at radius 2 is 1.92 bits per heavy atom. The van der Waals surface area contributed by atoms with Crippen LogP contribution < -0.4 is 5.32 Å². The topological polar surface area (TPSA) is 92.5 Å². The lowest BCUT2D eigenvalue weighted by Gasteiger charge is -2.17. The molecule has 0 saturated heterocycles. The Bertz CT molecular complexity index is 797. The van der Waals surface area contributed by atoms with Crippen molar-refractivity contribution >= 4 is 15.9 Å². The van der Waals surface area contributed by atoms with E-state index >= 15 is 0 Å². The van der Waals surface area contributed by atoms with Gasteiger partial charge in [0.05, 0.1) is 17.0 Å². The zero-order chi connectivity index (χ0) is 17.7. The van der Waals surface area contributed by atoms with E-state index < -0.39 is 10.0 Å². The van der Waals surface area contributed by atoms with Gasteiger partial charge in [-0.2, -0.15) is 4.31 Å². The lowest BCUT2D eigenvalue weighted by Crippen LogP contribution is -2.36. The Hall–Kier alpha value is -2.19. The van der Waals surface area contributed by atoms with Crippen LogP contribution in [0.25, 0.3) is 0 Å². The molecule has 0 aliphatic heterocycles. The first-order valence-corrected chi connectivity index (χ1v) is 8.95. The molecule has 1 N–H and O–H groups in total. The van der Waals surface area contributed by atoms with Gasteiger partial charge in [-0.05, 0) is 26.0 Å². The molecule has 1 amide bonds. The molecule has 7 nitrogen and oxygen atoms in total. The number of carbonyl (C=O) groups is 1. The van der Waals surface area contributed by atoms with E-state index in [0.717, 1.165) is 5.56 Å². The molecule has 0 aliphatic carbocycles. The molecule has 0 aliphatic rings. The van der Waals surface area contributed by atoms with Gasteiger partial charge in [-0.3, -0.25) is 4.79 Å². The standard InChI is InChI=1S/C16H21N3O4S/c1-12-4-6-15(7-5-12)24(21,22)19(3)9-8-17-16(20)11-14-10-13(2)23-18-14/h4-7,10H,8-9,11H2,1-3H3,(H,17,20). The predicted molar refractivity (Wildman–Crippen MR) is 88.9 cm³/mol. The average Bonchev–Trinajstić information content (AvgIpc) is 2.92. The second-order valence-electron chi connectivity index (χ2n) is 5.60. The van der Waals surface area contributed by atoms with Crippen LogP contribution >= 0.6 is 0 Å². The summed E-state index contributed by atoms with van der Waals surface area (Å²) in [7, 11) is -2.07. The van der Waals surface area contributed by atoms with Crippen LogP contribution in [0.3, 0.4) is 0 Å². The van der Waals surface area contributed by atoms with Crippen molar-refractivity contribution in [3.63, 3.8) is 0 Å². The highest BCUT2D eigenvalue weighted by Gasteiger charge is 2.20. The average molecular weight is 351 g/mol. The van der Waals surface area contributed by atoms with Crippen molar-refractivity contribution in [3.05, 3.63) is 47.3 Å². The number of hydrogen-bond donors (Lipinski definition) is 1. The zero-order valence-corrected chi connectivity index (χ0v) is 14.8. The van der Waals surface area contributed by atoms with Crippen LogP contribution in [0.1, 0.15) is 17.0 Å². The van der Waals surface area contributed by atoms with E-state index in [1.165, 1.54) is 11.4 Å².